The van der Waals surface area contributed by atoms with Crippen LogP contribution in [-0.4, -0.2) is 41.5 Å². The third kappa shape index (κ3) is 1.98. The van der Waals surface area contributed by atoms with Crippen LogP contribution in [0, 0.1) is 11.8 Å². The van der Waals surface area contributed by atoms with E-state index < -0.39 is 0 Å². The summed E-state index contributed by atoms with van der Waals surface area (Å²) in [4.78, 5) is 13.8. The van der Waals surface area contributed by atoms with Gasteiger partial charge in [-0.3, -0.25) is 9.69 Å². The highest BCUT2D eigenvalue weighted by Crippen LogP contribution is 2.31. The standard InChI is InChI=1S/C11H19NO2/c1-8-4-5-12(10(8)7-13)6-11(14)9-2-3-9/h8-10,13H,2-7H2,1H3. The molecule has 80 valence electrons. The van der Waals surface area contributed by atoms with Crippen molar-refractivity contribution >= 4 is 5.78 Å². The molecule has 1 saturated heterocycles. The van der Waals surface area contributed by atoms with E-state index in [1.807, 2.05) is 0 Å². The summed E-state index contributed by atoms with van der Waals surface area (Å²) >= 11 is 0. The number of carbonyl (C=O) groups is 1. The van der Waals surface area contributed by atoms with Gasteiger partial charge in [0.25, 0.3) is 0 Å². The minimum atomic E-state index is 0.194. The molecule has 0 aromatic heterocycles. The smallest absolute Gasteiger partial charge is 0.149 e. The van der Waals surface area contributed by atoms with E-state index in [1.165, 1.54) is 0 Å². The van der Waals surface area contributed by atoms with E-state index in [4.69, 9.17) is 0 Å². The lowest BCUT2D eigenvalue weighted by Crippen LogP contribution is -2.39. The minimum absolute atomic E-state index is 0.194. The Morgan fingerprint density at radius 3 is 2.71 bits per heavy atom. The predicted molar refractivity (Wildman–Crippen MR) is 54.0 cm³/mol. The molecule has 0 spiro atoms. The first kappa shape index (κ1) is 10.1. The van der Waals surface area contributed by atoms with Crippen LogP contribution in [0.15, 0.2) is 0 Å². The molecule has 0 aromatic carbocycles. The molecule has 1 saturated carbocycles. The quantitative estimate of drug-likeness (QED) is 0.720. The molecule has 1 aliphatic carbocycles. The number of rotatable bonds is 4. The molecule has 2 atom stereocenters. The molecule has 0 radical (unpaired) electrons. The largest absolute Gasteiger partial charge is 0.395 e. The van der Waals surface area contributed by atoms with Gasteiger partial charge in [0, 0.05) is 12.0 Å². The Morgan fingerprint density at radius 2 is 2.14 bits per heavy atom. The number of hydrogen-bond acceptors (Lipinski definition) is 3. The van der Waals surface area contributed by atoms with E-state index in [0.29, 0.717) is 24.2 Å². The molecule has 0 aromatic rings. The lowest BCUT2D eigenvalue weighted by molar-refractivity contribution is -0.121. The Labute approximate surface area is 85.1 Å². The molecule has 14 heavy (non-hydrogen) atoms. The maximum absolute atomic E-state index is 11.6. The molecule has 0 bridgehead atoms. The van der Waals surface area contributed by atoms with Gasteiger partial charge in [-0.05, 0) is 31.7 Å². The first-order valence-electron chi connectivity index (χ1n) is 5.60. The van der Waals surface area contributed by atoms with Gasteiger partial charge in [-0.1, -0.05) is 6.92 Å². The highest BCUT2D eigenvalue weighted by Gasteiger charge is 2.35. The average molecular weight is 197 g/mol. The van der Waals surface area contributed by atoms with Crippen LogP contribution >= 0.6 is 0 Å². The van der Waals surface area contributed by atoms with Gasteiger partial charge in [0.1, 0.15) is 5.78 Å². The van der Waals surface area contributed by atoms with Crippen LogP contribution in [0.25, 0.3) is 0 Å². The first-order valence-corrected chi connectivity index (χ1v) is 5.60. The fraction of sp³-hybridized carbons (Fsp3) is 0.909. The molecule has 1 aliphatic heterocycles. The summed E-state index contributed by atoms with van der Waals surface area (Å²) in [5.74, 6) is 1.27. The number of hydrogen-bond donors (Lipinski definition) is 1. The number of aliphatic hydroxyl groups is 1. The highest BCUT2D eigenvalue weighted by molar-refractivity contribution is 5.85. The Balaban J connectivity index is 1.87. The lowest BCUT2D eigenvalue weighted by atomic mass is 10.0. The number of ketones is 1. The van der Waals surface area contributed by atoms with Crippen LogP contribution < -0.4 is 0 Å². The number of nitrogens with zero attached hydrogens (tertiary/aromatic N) is 1. The molecule has 1 N–H and O–H groups in total. The van der Waals surface area contributed by atoms with Crippen molar-refractivity contribution in [1.82, 2.24) is 4.90 Å². The fourth-order valence-electron chi connectivity index (χ4n) is 2.31. The van der Waals surface area contributed by atoms with E-state index in [9.17, 15) is 9.90 Å². The van der Waals surface area contributed by atoms with Gasteiger partial charge >= 0.3 is 0 Å². The van der Waals surface area contributed by atoms with Gasteiger partial charge in [0.2, 0.25) is 0 Å². The van der Waals surface area contributed by atoms with Crippen molar-refractivity contribution in [2.75, 3.05) is 19.7 Å². The van der Waals surface area contributed by atoms with Crippen molar-refractivity contribution in [2.24, 2.45) is 11.8 Å². The van der Waals surface area contributed by atoms with Gasteiger partial charge in [-0.15, -0.1) is 0 Å². The molecular formula is C11H19NO2. The van der Waals surface area contributed by atoms with E-state index >= 15 is 0 Å². The van der Waals surface area contributed by atoms with Crippen LogP contribution in [0.2, 0.25) is 0 Å². The van der Waals surface area contributed by atoms with Gasteiger partial charge in [-0.25, -0.2) is 0 Å². The van der Waals surface area contributed by atoms with Crippen molar-refractivity contribution in [1.29, 1.82) is 0 Å². The zero-order valence-corrected chi connectivity index (χ0v) is 8.78. The Kier molecular flexibility index (Phi) is 2.88. The topological polar surface area (TPSA) is 40.5 Å². The van der Waals surface area contributed by atoms with Crippen molar-refractivity contribution in [3.63, 3.8) is 0 Å². The third-order valence-electron chi connectivity index (χ3n) is 3.58. The second-order valence-corrected chi connectivity index (χ2v) is 4.73. The normalized spacial score (nSPS) is 33.6. The number of aliphatic hydroxyl groups excluding tert-OH is 1. The summed E-state index contributed by atoms with van der Waals surface area (Å²) < 4.78 is 0. The third-order valence-corrected chi connectivity index (χ3v) is 3.58. The van der Waals surface area contributed by atoms with Crippen LogP contribution in [-0.2, 0) is 4.79 Å². The Bertz CT molecular complexity index is 225. The molecule has 3 nitrogen and oxygen atoms in total. The molecule has 2 aliphatic rings. The summed E-state index contributed by atoms with van der Waals surface area (Å²) in [6.45, 7) is 3.90. The molecule has 2 fully saturated rings. The van der Waals surface area contributed by atoms with E-state index in [1.54, 1.807) is 0 Å². The second kappa shape index (κ2) is 3.99. The summed E-state index contributed by atoms with van der Waals surface area (Å²) in [6, 6.07) is 0.220. The van der Waals surface area contributed by atoms with Crippen molar-refractivity contribution < 1.29 is 9.90 Å². The summed E-state index contributed by atoms with van der Waals surface area (Å²) in [5.41, 5.74) is 0. The van der Waals surface area contributed by atoms with E-state index in [-0.39, 0.29) is 12.6 Å². The summed E-state index contributed by atoms with van der Waals surface area (Å²) in [6.07, 6.45) is 3.29. The van der Waals surface area contributed by atoms with Gasteiger partial charge < -0.3 is 5.11 Å². The highest BCUT2D eigenvalue weighted by atomic mass is 16.3. The number of carbonyl (C=O) groups excluding carboxylic acids is 1. The van der Waals surface area contributed by atoms with Crippen LogP contribution in [0.1, 0.15) is 26.2 Å². The molecule has 0 amide bonds. The predicted octanol–water partition coefficient (Wildman–Crippen LogP) is 0.668. The minimum Gasteiger partial charge on any atom is -0.395 e. The molecular weight excluding hydrogens is 178 g/mol. The average Bonchev–Trinajstić information content (AvgIpc) is 2.93. The number of likely N-dealkylation sites (tertiary alicyclic amines) is 1. The van der Waals surface area contributed by atoms with Crippen LogP contribution in [0.3, 0.4) is 0 Å². The number of Topliss-reactive ketones (excluding diaryl/α,β-unsaturated/α-hetero) is 1. The Hall–Kier alpha value is -0.410. The van der Waals surface area contributed by atoms with Gasteiger partial charge in [0.05, 0.1) is 13.2 Å². The summed E-state index contributed by atoms with van der Waals surface area (Å²) in [5, 5.41) is 9.22. The maximum atomic E-state index is 11.6. The van der Waals surface area contributed by atoms with Crippen LogP contribution in [0.4, 0.5) is 0 Å². The van der Waals surface area contributed by atoms with E-state index in [0.717, 1.165) is 25.8 Å². The molecule has 3 heteroatoms. The van der Waals surface area contributed by atoms with Crippen molar-refractivity contribution in [2.45, 2.75) is 32.2 Å². The Morgan fingerprint density at radius 1 is 1.43 bits per heavy atom. The van der Waals surface area contributed by atoms with Crippen LogP contribution in [0.5, 0.6) is 0 Å². The SMILES string of the molecule is CC1CCN(CC(=O)C2CC2)C1CO. The monoisotopic (exact) mass is 197 g/mol. The van der Waals surface area contributed by atoms with Gasteiger partial charge in [0.15, 0.2) is 0 Å². The second-order valence-electron chi connectivity index (χ2n) is 4.73. The van der Waals surface area contributed by atoms with Gasteiger partial charge in [-0.2, -0.15) is 0 Å². The van der Waals surface area contributed by atoms with E-state index in [2.05, 4.69) is 11.8 Å². The van der Waals surface area contributed by atoms with Crippen molar-refractivity contribution in [3.8, 4) is 0 Å². The molecule has 2 rings (SSSR count). The maximum Gasteiger partial charge on any atom is 0.149 e. The fourth-order valence-corrected chi connectivity index (χ4v) is 2.31. The first-order chi connectivity index (χ1) is 6.72. The summed E-state index contributed by atoms with van der Waals surface area (Å²) in [7, 11) is 0. The molecule has 1 heterocycles. The van der Waals surface area contributed by atoms with Crippen molar-refractivity contribution in [3.05, 3.63) is 0 Å². The lowest BCUT2D eigenvalue weighted by Gasteiger charge is -2.24. The molecule has 2 unspecified atom stereocenters. The zero-order chi connectivity index (χ0) is 10.1. The zero-order valence-electron chi connectivity index (χ0n) is 8.78.